The van der Waals surface area contributed by atoms with Gasteiger partial charge in [0.15, 0.2) is 11.5 Å². The van der Waals surface area contributed by atoms with E-state index in [1.54, 1.807) is 30.3 Å². The molecule has 8 heteroatoms. The van der Waals surface area contributed by atoms with Crippen molar-refractivity contribution in [1.82, 2.24) is 0 Å². The van der Waals surface area contributed by atoms with Crippen molar-refractivity contribution in [3.8, 4) is 34.1 Å². The lowest BCUT2D eigenvalue weighted by atomic mass is 10.0. The molecule has 0 aliphatic carbocycles. The van der Waals surface area contributed by atoms with Gasteiger partial charge < -0.3 is 19.1 Å². The third kappa shape index (κ3) is 2.67. The van der Waals surface area contributed by atoms with E-state index in [9.17, 15) is 9.67 Å². The first-order valence-electron chi connectivity index (χ1n) is 5.92. The van der Waals surface area contributed by atoms with Crippen molar-refractivity contribution in [1.29, 1.82) is 0 Å². The van der Waals surface area contributed by atoms with E-state index in [0.717, 1.165) is 0 Å². The normalized spacial score (nSPS) is 13.2. The second kappa shape index (κ2) is 4.96. The maximum absolute atomic E-state index is 11.1. The summed E-state index contributed by atoms with van der Waals surface area (Å²) >= 11 is 0. The maximum atomic E-state index is 11.1. The van der Waals surface area contributed by atoms with E-state index in [-0.39, 0.29) is 18.3 Å². The molecular formula is C13H11O7P. The van der Waals surface area contributed by atoms with Crippen molar-refractivity contribution < 1.29 is 33.5 Å². The van der Waals surface area contributed by atoms with Crippen LogP contribution in [0.25, 0.3) is 11.1 Å². The molecule has 0 spiro atoms. The van der Waals surface area contributed by atoms with Gasteiger partial charge in [0, 0.05) is 5.56 Å². The van der Waals surface area contributed by atoms with Gasteiger partial charge in [0.25, 0.3) is 0 Å². The predicted molar refractivity (Wildman–Crippen MR) is 72.3 cm³/mol. The Kier molecular flexibility index (Phi) is 3.25. The minimum atomic E-state index is -4.85. The molecule has 0 amide bonds. The zero-order valence-electron chi connectivity index (χ0n) is 10.6. The molecule has 1 heterocycles. The Morgan fingerprint density at radius 3 is 2.52 bits per heavy atom. The third-order valence-corrected chi connectivity index (χ3v) is 3.31. The zero-order valence-corrected chi connectivity index (χ0v) is 11.5. The number of hydrogen-bond acceptors (Lipinski definition) is 5. The quantitative estimate of drug-likeness (QED) is 0.747. The molecule has 0 radical (unpaired) electrons. The average molecular weight is 310 g/mol. The van der Waals surface area contributed by atoms with Gasteiger partial charge in [0.1, 0.15) is 0 Å². The van der Waals surface area contributed by atoms with Crippen LogP contribution < -0.4 is 14.0 Å². The Morgan fingerprint density at radius 2 is 1.86 bits per heavy atom. The number of rotatable bonds is 3. The van der Waals surface area contributed by atoms with Crippen molar-refractivity contribution in [2.24, 2.45) is 0 Å². The van der Waals surface area contributed by atoms with Crippen molar-refractivity contribution >= 4 is 7.82 Å². The number of fused-ring (bicyclic) bond motifs is 1. The summed E-state index contributed by atoms with van der Waals surface area (Å²) in [4.78, 5) is 17.9. The first kappa shape index (κ1) is 13.8. The van der Waals surface area contributed by atoms with Gasteiger partial charge >= 0.3 is 7.82 Å². The van der Waals surface area contributed by atoms with Crippen molar-refractivity contribution in [2.75, 3.05) is 6.79 Å². The highest BCUT2D eigenvalue weighted by atomic mass is 31.2. The molecule has 0 saturated heterocycles. The predicted octanol–water partition coefficient (Wildman–Crippen LogP) is 2.26. The van der Waals surface area contributed by atoms with E-state index in [1.165, 1.54) is 6.07 Å². The third-order valence-electron chi connectivity index (χ3n) is 2.89. The molecule has 110 valence electrons. The summed E-state index contributed by atoms with van der Waals surface area (Å²) in [5.41, 5.74) is 0.965. The SMILES string of the molecule is O=P(O)(O)Oc1c(O)c(-c2ccccc2)cc2c1OCO2. The van der Waals surface area contributed by atoms with E-state index in [1.807, 2.05) is 0 Å². The molecule has 0 saturated carbocycles. The van der Waals surface area contributed by atoms with Crippen molar-refractivity contribution in [2.45, 2.75) is 0 Å². The molecule has 0 fully saturated rings. The van der Waals surface area contributed by atoms with Crippen LogP contribution in [0.4, 0.5) is 0 Å². The van der Waals surface area contributed by atoms with Crippen LogP contribution in [0, 0.1) is 0 Å². The standard InChI is InChI=1S/C13H11O7P/c14-11-9(8-4-2-1-3-5-8)6-10-12(19-7-18-10)13(11)20-21(15,16)17/h1-6,14H,7H2,(H2,15,16,17). The van der Waals surface area contributed by atoms with Crippen LogP contribution in [0.5, 0.6) is 23.0 Å². The van der Waals surface area contributed by atoms with E-state index in [4.69, 9.17) is 19.3 Å². The summed E-state index contributed by atoms with van der Waals surface area (Å²) in [6.07, 6.45) is 0. The second-order valence-electron chi connectivity index (χ2n) is 4.28. The van der Waals surface area contributed by atoms with Gasteiger partial charge in [0.2, 0.25) is 18.3 Å². The molecule has 1 aliphatic heterocycles. The largest absolute Gasteiger partial charge is 0.525 e. The highest BCUT2D eigenvalue weighted by Crippen LogP contribution is 2.55. The molecule has 0 bridgehead atoms. The number of phosphoric ester groups is 1. The fraction of sp³-hybridized carbons (Fsp3) is 0.0769. The second-order valence-corrected chi connectivity index (χ2v) is 5.45. The monoisotopic (exact) mass is 310 g/mol. The van der Waals surface area contributed by atoms with Crippen LogP contribution in [0.1, 0.15) is 0 Å². The molecule has 1 aliphatic rings. The van der Waals surface area contributed by atoms with E-state index >= 15 is 0 Å². The maximum Gasteiger partial charge on any atom is 0.525 e. The zero-order chi connectivity index (χ0) is 15.0. The summed E-state index contributed by atoms with van der Waals surface area (Å²) < 4.78 is 25.9. The number of hydrogen-bond donors (Lipinski definition) is 3. The van der Waals surface area contributed by atoms with Gasteiger partial charge in [-0.05, 0) is 11.6 Å². The first-order chi connectivity index (χ1) is 9.96. The van der Waals surface area contributed by atoms with Crippen LogP contribution in [-0.4, -0.2) is 21.7 Å². The number of phosphoric acid groups is 1. The van der Waals surface area contributed by atoms with E-state index in [0.29, 0.717) is 11.1 Å². The average Bonchev–Trinajstić information content (AvgIpc) is 2.90. The molecule has 0 aromatic heterocycles. The summed E-state index contributed by atoms with van der Waals surface area (Å²) in [7, 11) is -4.85. The molecule has 0 unspecified atom stereocenters. The van der Waals surface area contributed by atoms with Gasteiger partial charge in [-0.3, -0.25) is 9.79 Å². The smallest absolute Gasteiger partial charge is 0.504 e. The molecule has 21 heavy (non-hydrogen) atoms. The topological polar surface area (TPSA) is 105 Å². The van der Waals surface area contributed by atoms with Crippen molar-refractivity contribution in [3.63, 3.8) is 0 Å². The fourth-order valence-corrected chi connectivity index (χ4v) is 2.45. The van der Waals surface area contributed by atoms with Crippen LogP contribution in [0.15, 0.2) is 36.4 Å². The number of phenols is 1. The highest BCUT2D eigenvalue weighted by Gasteiger charge is 2.30. The summed E-state index contributed by atoms with van der Waals surface area (Å²) in [6, 6.07) is 10.3. The molecule has 3 N–H and O–H groups in total. The number of aromatic hydroxyl groups is 1. The van der Waals surface area contributed by atoms with Crippen LogP contribution in [0.3, 0.4) is 0 Å². The Hall–Kier alpha value is -2.21. The number of benzene rings is 2. The van der Waals surface area contributed by atoms with Gasteiger partial charge in [-0.15, -0.1) is 0 Å². The van der Waals surface area contributed by atoms with E-state index < -0.39 is 19.3 Å². The fourth-order valence-electron chi connectivity index (χ4n) is 2.04. The van der Waals surface area contributed by atoms with Gasteiger partial charge in [-0.25, -0.2) is 4.57 Å². The molecular weight excluding hydrogens is 299 g/mol. The Morgan fingerprint density at radius 1 is 1.14 bits per heavy atom. The van der Waals surface area contributed by atoms with Gasteiger partial charge in [0.05, 0.1) is 0 Å². The summed E-state index contributed by atoms with van der Waals surface area (Å²) in [5.74, 6) is -0.642. The summed E-state index contributed by atoms with van der Waals surface area (Å²) in [5, 5.41) is 10.3. The van der Waals surface area contributed by atoms with Gasteiger partial charge in [-0.2, -0.15) is 0 Å². The Labute approximate surface area is 119 Å². The van der Waals surface area contributed by atoms with Crippen LogP contribution >= 0.6 is 7.82 Å². The summed E-state index contributed by atoms with van der Waals surface area (Å²) in [6.45, 7) is -0.121. The first-order valence-corrected chi connectivity index (χ1v) is 7.45. The molecule has 2 aromatic carbocycles. The van der Waals surface area contributed by atoms with Crippen LogP contribution in [-0.2, 0) is 4.57 Å². The minimum absolute atomic E-state index is 0.0319. The highest BCUT2D eigenvalue weighted by molar-refractivity contribution is 7.46. The number of ether oxygens (including phenoxy) is 2. The molecule has 3 rings (SSSR count). The molecule has 7 nitrogen and oxygen atoms in total. The lowest BCUT2D eigenvalue weighted by molar-refractivity contribution is 0.171. The number of phenolic OH excluding ortho intramolecular Hbond substituents is 1. The molecule has 2 aromatic rings. The Bertz CT molecular complexity index is 723. The van der Waals surface area contributed by atoms with Crippen LogP contribution in [0.2, 0.25) is 0 Å². The van der Waals surface area contributed by atoms with Gasteiger partial charge in [-0.1, -0.05) is 30.3 Å². The Balaban J connectivity index is 2.20. The minimum Gasteiger partial charge on any atom is -0.504 e. The van der Waals surface area contributed by atoms with Crippen molar-refractivity contribution in [3.05, 3.63) is 36.4 Å². The lowest BCUT2D eigenvalue weighted by Gasteiger charge is -2.14. The lowest BCUT2D eigenvalue weighted by Crippen LogP contribution is -1.95. The molecule has 0 atom stereocenters. The van der Waals surface area contributed by atoms with E-state index in [2.05, 4.69) is 4.52 Å².